The van der Waals surface area contributed by atoms with Crippen molar-refractivity contribution in [2.24, 2.45) is 5.41 Å². The zero-order valence-corrected chi connectivity index (χ0v) is 18.3. The van der Waals surface area contributed by atoms with Crippen LogP contribution in [0, 0.1) is 17.8 Å². The van der Waals surface area contributed by atoms with Gasteiger partial charge in [0.25, 0.3) is 0 Å². The smallest absolute Gasteiger partial charge is 0.330 e. The van der Waals surface area contributed by atoms with E-state index in [1.165, 1.54) is 18.2 Å². The number of rotatable bonds is 5. The highest BCUT2D eigenvalue weighted by Gasteiger charge is 2.62. The second-order valence-electron chi connectivity index (χ2n) is 9.45. The lowest BCUT2D eigenvalue weighted by molar-refractivity contribution is -0.214. The summed E-state index contributed by atoms with van der Waals surface area (Å²) in [6.45, 7) is 0. The van der Waals surface area contributed by atoms with Crippen LogP contribution >= 0.6 is 11.6 Å². The van der Waals surface area contributed by atoms with Crippen molar-refractivity contribution >= 4 is 29.2 Å². The zero-order chi connectivity index (χ0) is 24.2. The van der Waals surface area contributed by atoms with Crippen molar-refractivity contribution in [3.8, 4) is 18.1 Å². The van der Waals surface area contributed by atoms with E-state index >= 15 is 0 Å². The minimum atomic E-state index is -3.02. The van der Waals surface area contributed by atoms with E-state index in [-0.39, 0.29) is 40.8 Å². The van der Waals surface area contributed by atoms with Gasteiger partial charge in [-0.25, -0.2) is 22.4 Å². The molecule has 0 atom stereocenters. The Labute approximate surface area is 193 Å². The van der Waals surface area contributed by atoms with Crippen molar-refractivity contribution in [1.82, 2.24) is 0 Å². The molecule has 1 spiro atoms. The van der Waals surface area contributed by atoms with Crippen LogP contribution in [0.3, 0.4) is 0 Å². The number of hydrogen-bond acceptors (Lipinski definition) is 3. The number of aliphatic carboxylic acids is 1. The van der Waals surface area contributed by atoms with Crippen molar-refractivity contribution in [2.75, 3.05) is 4.90 Å². The first kappa shape index (κ1) is 23.7. The molecule has 178 valence electrons. The number of carbonyl (C=O) groups is 2. The summed E-state index contributed by atoms with van der Waals surface area (Å²) in [5.41, 5.74) is -2.27. The number of alkyl halides is 4. The van der Waals surface area contributed by atoms with Crippen LogP contribution in [0.5, 0.6) is 5.75 Å². The summed E-state index contributed by atoms with van der Waals surface area (Å²) in [5.74, 6) is -5.93. The quantitative estimate of drug-likeness (QED) is 0.452. The first-order valence-corrected chi connectivity index (χ1v) is 10.9. The highest BCUT2D eigenvalue weighted by Crippen LogP contribution is 2.63. The van der Waals surface area contributed by atoms with Gasteiger partial charge in [-0.2, -0.15) is 0 Å². The number of benzene rings is 1. The first-order valence-electron chi connectivity index (χ1n) is 10.6. The lowest BCUT2D eigenvalue weighted by atomic mass is 9.53. The molecule has 3 aliphatic rings. The van der Waals surface area contributed by atoms with Gasteiger partial charge in [0.05, 0.1) is 11.1 Å². The van der Waals surface area contributed by atoms with Crippen LogP contribution in [0.2, 0.25) is 5.02 Å². The molecule has 0 heterocycles. The largest absolute Gasteiger partial charge is 0.489 e. The average molecular weight is 488 g/mol. The standard InChI is InChI=1S/C23H22ClF4NO4/c1-2-18(30)29(21(19(31)32)5-7-22(25,26)8-6-21)14-3-4-17(16(24)9-14)33-15-10-20(11-15)12-23(27,28)13-20/h1,3-4,9,15H,5-8,10-13H2,(H,31,32). The number of hydrogen-bond donors (Lipinski definition) is 1. The molecule has 0 aliphatic heterocycles. The number of anilines is 1. The predicted molar refractivity (Wildman–Crippen MR) is 112 cm³/mol. The van der Waals surface area contributed by atoms with E-state index in [1.807, 2.05) is 5.92 Å². The molecule has 3 fully saturated rings. The number of nitrogens with zero attached hydrogens (tertiary/aromatic N) is 1. The Morgan fingerprint density at radius 3 is 2.18 bits per heavy atom. The van der Waals surface area contributed by atoms with Crippen molar-refractivity contribution in [2.45, 2.75) is 74.9 Å². The molecule has 10 heteroatoms. The van der Waals surface area contributed by atoms with Gasteiger partial charge in [-0.05, 0) is 55.2 Å². The summed E-state index contributed by atoms with van der Waals surface area (Å²) in [7, 11) is 0. The van der Waals surface area contributed by atoms with Crippen LogP contribution in [-0.2, 0) is 9.59 Å². The minimum Gasteiger partial charge on any atom is -0.489 e. The molecular weight excluding hydrogens is 466 g/mol. The van der Waals surface area contributed by atoms with Gasteiger partial charge in [-0.1, -0.05) is 11.6 Å². The number of carbonyl (C=O) groups excluding carboxylic acids is 1. The molecule has 3 aliphatic carbocycles. The number of amides is 1. The Kier molecular flexibility index (Phi) is 5.59. The van der Waals surface area contributed by atoms with Gasteiger partial charge < -0.3 is 9.84 Å². The highest BCUT2D eigenvalue weighted by molar-refractivity contribution is 6.32. The fraction of sp³-hybridized carbons (Fsp3) is 0.565. The molecule has 3 saturated carbocycles. The molecule has 0 unspecified atom stereocenters. The summed E-state index contributed by atoms with van der Waals surface area (Å²) in [6, 6.07) is 4.12. The molecule has 0 radical (unpaired) electrons. The Morgan fingerprint density at radius 2 is 1.70 bits per heavy atom. The van der Waals surface area contributed by atoms with E-state index in [2.05, 4.69) is 0 Å². The lowest BCUT2D eigenvalue weighted by Gasteiger charge is -2.56. The summed E-state index contributed by atoms with van der Waals surface area (Å²) in [6.07, 6.45) is 3.29. The Hall–Kier alpha value is -2.47. The molecule has 1 amide bonds. The molecule has 0 aromatic heterocycles. The van der Waals surface area contributed by atoms with Crippen LogP contribution in [-0.4, -0.2) is 40.5 Å². The normalized spacial score (nSPS) is 25.8. The van der Waals surface area contributed by atoms with Crippen LogP contribution < -0.4 is 9.64 Å². The summed E-state index contributed by atoms with van der Waals surface area (Å²) >= 11 is 6.32. The topological polar surface area (TPSA) is 66.8 Å². The molecule has 4 rings (SSSR count). The SMILES string of the molecule is C#CC(=O)N(c1ccc(OC2CC3(C2)CC(F)(F)C3)c(Cl)c1)C1(C(=O)O)CCC(F)(F)CC1. The number of carboxylic acid groups (broad SMARTS) is 1. The van der Waals surface area contributed by atoms with E-state index in [4.69, 9.17) is 22.8 Å². The monoisotopic (exact) mass is 487 g/mol. The molecule has 1 aromatic carbocycles. The molecule has 1 N–H and O–H groups in total. The predicted octanol–water partition coefficient (Wildman–Crippen LogP) is 5.30. The van der Waals surface area contributed by atoms with Crippen LogP contribution in [0.1, 0.15) is 51.4 Å². The second-order valence-corrected chi connectivity index (χ2v) is 9.86. The van der Waals surface area contributed by atoms with Crippen molar-refractivity contribution in [3.05, 3.63) is 23.2 Å². The van der Waals surface area contributed by atoms with Gasteiger partial charge in [0.1, 0.15) is 11.3 Å². The molecule has 1 aromatic rings. The molecule has 0 bridgehead atoms. The Balaban J connectivity index is 1.54. The van der Waals surface area contributed by atoms with Gasteiger partial charge in [-0.15, -0.1) is 6.42 Å². The Bertz CT molecular complexity index is 1010. The molecule has 0 saturated heterocycles. The Morgan fingerprint density at radius 1 is 1.09 bits per heavy atom. The van der Waals surface area contributed by atoms with E-state index in [1.54, 1.807) is 0 Å². The average Bonchev–Trinajstić information content (AvgIpc) is 2.68. The van der Waals surface area contributed by atoms with Gasteiger partial charge in [0, 0.05) is 31.4 Å². The van der Waals surface area contributed by atoms with Crippen molar-refractivity contribution in [3.63, 3.8) is 0 Å². The third-order valence-corrected chi connectivity index (χ3v) is 7.31. The van der Waals surface area contributed by atoms with Gasteiger partial charge in [-0.3, -0.25) is 9.69 Å². The third-order valence-electron chi connectivity index (χ3n) is 7.02. The highest BCUT2D eigenvalue weighted by atomic mass is 35.5. The van der Waals surface area contributed by atoms with Crippen molar-refractivity contribution < 1.29 is 37.0 Å². The summed E-state index contributed by atoms with van der Waals surface area (Å²) in [5, 5.41) is 9.97. The number of halogens is 5. The van der Waals surface area contributed by atoms with Crippen molar-refractivity contribution in [1.29, 1.82) is 0 Å². The molecule has 5 nitrogen and oxygen atoms in total. The van der Waals surface area contributed by atoms with E-state index in [9.17, 15) is 32.3 Å². The van der Waals surface area contributed by atoms with Gasteiger partial charge >= 0.3 is 11.9 Å². The lowest BCUT2D eigenvalue weighted by Crippen LogP contribution is -2.60. The molecule has 33 heavy (non-hydrogen) atoms. The summed E-state index contributed by atoms with van der Waals surface area (Å²) in [4.78, 5) is 25.6. The first-order chi connectivity index (χ1) is 15.3. The van der Waals surface area contributed by atoms with E-state index in [0.29, 0.717) is 12.8 Å². The fourth-order valence-electron chi connectivity index (χ4n) is 5.41. The number of terminal acetylenes is 1. The number of ether oxygens (including phenoxy) is 1. The maximum absolute atomic E-state index is 13.7. The maximum atomic E-state index is 13.7. The van der Waals surface area contributed by atoms with Crippen LogP contribution in [0.25, 0.3) is 0 Å². The van der Waals surface area contributed by atoms with Gasteiger partial charge in [0.15, 0.2) is 0 Å². The van der Waals surface area contributed by atoms with E-state index in [0.717, 1.165) is 4.90 Å². The van der Waals surface area contributed by atoms with Crippen LogP contribution in [0.15, 0.2) is 18.2 Å². The summed E-state index contributed by atoms with van der Waals surface area (Å²) < 4.78 is 59.7. The zero-order valence-electron chi connectivity index (χ0n) is 17.6. The minimum absolute atomic E-state index is 0.0478. The van der Waals surface area contributed by atoms with Crippen LogP contribution in [0.4, 0.5) is 23.2 Å². The second kappa shape index (κ2) is 7.79. The number of carboxylic acids is 1. The fourth-order valence-corrected chi connectivity index (χ4v) is 5.63. The maximum Gasteiger partial charge on any atom is 0.330 e. The van der Waals surface area contributed by atoms with Gasteiger partial charge in [0.2, 0.25) is 11.8 Å². The van der Waals surface area contributed by atoms with E-state index < -0.39 is 54.9 Å². The third kappa shape index (κ3) is 4.25. The molecular formula is C23H22ClF4NO4.